The lowest BCUT2D eigenvalue weighted by atomic mass is 10.0. The van der Waals surface area contributed by atoms with Crippen LogP contribution in [0.4, 0.5) is 4.39 Å². The predicted molar refractivity (Wildman–Crippen MR) is 69.4 cm³/mol. The van der Waals surface area contributed by atoms with Crippen LogP contribution in [0.3, 0.4) is 0 Å². The first-order chi connectivity index (χ1) is 8.78. The van der Waals surface area contributed by atoms with Gasteiger partial charge in [-0.2, -0.15) is 0 Å². The Morgan fingerprint density at radius 2 is 1.89 bits per heavy atom. The number of nitrogens with two attached hydrogens (primary N) is 1. The predicted octanol–water partition coefficient (Wildman–Crippen LogP) is 2.83. The van der Waals surface area contributed by atoms with Crippen LogP contribution in [0.15, 0.2) is 42.5 Å². The van der Waals surface area contributed by atoms with Gasteiger partial charge in [-0.25, -0.2) is 9.37 Å². The SMILES string of the molecule is NCc1nc2c(-c3ccc(F)cc3)cccc2[nH]1. The molecule has 3 rings (SSSR count). The van der Waals surface area contributed by atoms with E-state index in [0.717, 1.165) is 28.0 Å². The smallest absolute Gasteiger partial charge is 0.123 e. The Bertz CT molecular complexity index is 686. The van der Waals surface area contributed by atoms with Crippen molar-refractivity contribution < 1.29 is 4.39 Å². The Morgan fingerprint density at radius 1 is 1.11 bits per heavy atom. The maximum atomic E-state index is 12.9. The molecule has 0 aliphatic carbocycles. The third-order valence-electron chi connectivity index (χ3n) is 2.91. The Hall–Kier alpha value is -2.20. The summed E-state index contributed by atoms with van der Waals surface area (Å²) in [5, 5.41) is 0. The average Bonchev–Trinajstić information content (AvgIpc) is 2.82. The van der Waals surface area contributed by atoms with E-state index < -0.39 is 0 Å². The van der Waals surface area contributed by atoms with Gasteiger partial charge in [0.1, 0.15) is 11.6 Å². The first-order valence-electron chi connectivity index (χ1n) is 5.71. The van der Waals surface area contributed by atoms with Crippen molar-refractivity contribution in [2.45, 2.75) is 6.54 Å². The summed E-state index contributed by atoms with van der Waals surface area (Å²) < 4.78 is 12.9. The van der Waals surface area contributed by atoms with Gasteiger partial charge in [0, 0.05) is 5.56 Å². The van der Waals surface area contributed by atoms with Gasteiger partial charge in [0.25, 0.3) is 0 Å². The van der Waals surface area contributed by atoms with Crippen LogP contribution in [0.1, 0.15) is 5.82 Å². The number of para-hydroxylation sites is 1. The number of hydrogen-bond acceptors (Lipinski definition) is 2. The van der Waals surface area contributed by atoms with E-state index in [9.17, 15) is 4.39 Å². The highest BCUT2D eigenvalue weighted by atomic mass is 19.1. The van der Waals surface area contributed by atoms with E-state index in [4.69, 9.17) is 5.73 Å². The molecule has 2 aromatic carbocycles. The molecule has 0 atom stereocenters. The van der Waals surface area contributed by atoms with E-state index in [1.165, 1.54) is 12.1 Å². The van der Waals surface area contributed by atoms with E-state index in [1.807, 2.05) is 18.2 Å². The zero-order chi connectivity index (χ0) is 12.5. The van der Waals surface area contributed by atoms with Crippen LogP contribution in [-0.4, -0.2) is 9.97 Å². The zero-order valence-electron chi connectivity index (χ0n) is 9.65. The van der Waals surface area contributed by atoms with Gasteiger partial charge in [-0.05, 0) is 23.8 Å². The highest BCUT2D eigenvalue weighted by Crippen LogP contribution is 2.27. The Balaban J connectivity index is 2.22. The van der Waals surface area contributed by atoms with Crippen molar-refractivity contribution in [2.24, 2.45) is 5.73 Å². The number of H-pyrrole nitrogens is 1. The minimum absolute atomic E-state index is 0.240. The summed E-state index contributed by atoms with van der Waals surface area (Å²) in [5.74, 6) is 0.509. The molecule has 0 saturated carbocycles. The summed E-state index contributed by atoms with van der Waals surface area (Å²) in [5.41, 5.74) is 9.30. The van der Waals surface area contributed by atoms with E-state index in [2.05, 4.69) is 9.97 Å². The molecule has 1 aromatic heterocycles. The molecule has 0 radical (unpaired) electrons. The van der Waals surface area contributed by atoms with Crippen molar-refractivity contribution in [2.75, 3.05) is 0 Å². The largest absolute Gasteiger partial charge is 0.341 e. The molecule has 18 heavy (non-hydrogen) atoms. The lowest BCUT2D eigenvalue weighted by Gasteiger charge is -2.02. The average molecular weight is 241 g/mol. The Kier molecular flexibility index (Phi) is 2.57. The minimum Gasteiger partial charge on any atom is -0.341 e. The molecular formula is C14H12FN3. The summed E-state index contributed by atoms with van der Waals surface area (Å²) in [6.45, 7) is 0.373. The topological polar surface area (TPSA) is 54.7 Å². The van der Waals surface area contributed by atoms with Crippen LogP contribution in [0.2, 0.25) is 0 Å². The molecule has 0 bridgehead atoms. The Labute approximate surface area is 103 Å². The van der Waals surface area contributed by atoms with E-state index in [1.54, 1.807) is 12.1 Å². The number of aromatic nitrogens is 2. The first-order valence-corrected chi connectivity index (χ1v) is 5.71. The van der Waals surface area contributed by atoms with Gasteiger partial charge in [-0.1, -0.05) is 24.3 Å². The minimum atomic E-state index is -0.240. The molecule has 1 heterocycles. The highest BCUT2D eigenvalue weighted by Gasteiger charge is 2.08. The molecule has 3 N–H and O–H groups in total. The third-order valence-corrected chi connectivity index (χ3v) is 2.91. The number of fused-ring (bicyclic) bond motifs is 1. The van der Waals surface area contributed by atoms with Crippen molar-refractivity contribution in [3.8, 4) is 11.1 Å². The fourth-order valence-corrected chi connectivity index (χ4v) is 2.04. The van der Waals surface area contributed by atoms with Crippen LogP contribution in [0.25, 0.3) is 22.2 Å². The molecule has 0 aliphatic heterocycles. The third kappa shape index (κ3) is 1.76. The molecular weight excluding hydrogens is 229 g/mol. The van der Waals surface area contributed by atoms with Crippen LogP contribution in [0.5, 0.6) is 0 Å². The number of benzene rings is 2. The summed E-state index contributed by atoms with van der Waals surface area (Å²) in [6, 6.07) is 12.3. The summed E-state index contributed by atoms with van der Waals surface area (Å²) >= 11 is 0. The van der Waals surface area contributed by atoms with Gasteiger partial charge in [0.2, 0.25) is 0 Å². The lowest BCUT2D eigenvalue weighted by molar-refractivity contribution is 0.628. The van der Waals surface area contributed by atoms with Crippen LogP contribution in [-0.2, 0) is 6.54 Å². The molecule has 3 aromatic rings. The summed E-state index contributed by atoms with van der Waals surface area (Å²) in [4.78, 5) is 7.61. The number of halogens is 1. The molecule has 4 heteroatoms. The zero-order valence-corrected chi connectivity index (χ0v) is 9.65. The second-order valence-electron chi connectivity index (χ2n) is 4.10. The first kappa shape index (κ1) is 10.9. The number of aromatic amines is 1. The molecule has 0 unspecified atom stereocenters. The Morgan fingerprint density at radius 3 is 2.61 bits per heavy atom. The van der Waals surface area contributed by atoms with Crippen molar-refractivity contribution in [1.82, 2.24) is 9.97 Å². The van der Waals surface area contributed by atoms with Crippen molar-refractivity contribution in [3.05, 3.63) is 54.1 Å². The molecule has 0 aliphatic rings. The summed E-state index contributed by atoms with van der Waals surface area (Å²) in [6.07, 6.45) is 0. The fraction of sp³-hybridized carbons (Fsp3) is 0.0714. The van der Waals surface area contributed by atoms with Gasteiger partial charge in [0.15, 0.2) is 0 Å². The second-order valence-corrected chi connectivity index (χ2v) is 4.10. The summed E-state index contributed by atoms with van der Waals surface area (Å²) in [7, 11) is 0. The van der Waals surface area contributed by atoms with Gasteiger partial charge in [-0.3, -0.25) is 0 Å². The highest BCUT2D eigenvalue weighted by molar-refractivity contribution is 5.91. The van der Waals surface area contributed by atoms with Gasteiger partial charge < -0.3 is 10.7 Å². The van der Waals surface area contributed by atoms with Crippen molar-refractivity contribution in [3.63, 3.8) is 0 Å². The van der Waals surface area contributed by atoms with Crippen LogP contribution >= 0.6 is 0 Å². The van der Waals surface area contributed by atoms with E-state index >= 15 is 0 Å². The molecule has 0 amide bonds. The monoisotopic (exact) mass is 241 g/mol. The van der Waals surface area contributed by atoms with Crippen molar-refractivity contribution in [1.29, 1.82) is 0 Å². The standard InChI is InChI=1S/C14H12FN3/c15-10-6-4-9(5-7-10)11-2-1-3-12-14(11)18-13(8-16)17-12/h1-7H,8,16H2,(H,17,18). The van der Waals surface area contributed by atoms with E-state index in [-0.39, 0.29) is 5.82 Å². The lowest BCUT2D eigenvalue weighted by Crippen LogP contribution is -1.97. The number of nitrogens with zero attached hydrogens (tertiary/aromatic N) is 1. The van der Waals surface area contributed by atoms with E-state index in [0.29, 0.717) is 6.54 Å². The van der Waals surface area contributed by atoms with Gasteiger partial charge >= 0.3 is 0 Å². The number of hydrogen-bond donors (Lipinski definition) is 2. The molecule has 0 spiro atoms. The maximum Gasteiger partial charge on any atom is 0.123 e. The number of nitrogens with one attached hydrogen (secondary N) is 1. The van der Waals surface area contributed by atoms with Gasteiger partial charge in [-0.15, -0.1) is 0 Å². The molecule has 0 fully saturated rings. The fourth-order valence-electron chi connectivity index (χ4n) is 2.04. The van der Waals surface area contributed by atoms with Crippen LogP contribution < -0.4 is 5.73 Å². The maximum absolute atomic E-state index is 12.9. The van der Waals surface area contributed by atoms with Gasteiger partial charge in [0.05, 0.1) is 17.6 Å². The molecule has 90 valence electrons. The second kappa shape index (κ2) is 4.23. The number of imidazole rings is 1. The van der Waals surface area contributed by atoms with Crippen LogP contribution in [0, 0.1) is 5.82 Å². The van der Waals surface area contributed by atoms with Crippen molar-refractivity contribution >= 4 is 11.0 Å². The molecule has 3 nitrogen and oxygen atoms in total. The normalized spacial score (nSPS) is 11.0. The quantitative estimate of drug-likeness (QED) is 0.724. The number of rotatable bonds is 2. The molecule has 0 saturated heterocycles.